The van der Waals surface area contributed by atoms with Gasteiger partial charge in [-0.25, -0.2) is 0 Å². The molecule has 0 unspecified atom stereocenters. The van der Waals surface area contributed by atoms with Crippen molar-refractivity contribution in [2.75, 3.05) is 0 Å². The van der Waals surface area contributed by atoms with E-state index in [1.54, 1.807) is 6.92 Å². The molecule has 0 aliphatic rings. The monoisotopic (exact) mass is 235 g/mol. The zero-order valence-corrected chi connectivity index (χ0v) is 9.75. The Morgan fingerprint density at radius 2 is 2.00 bits per heavy atom. The molecule has 0 spiro atoms. The van der Waals surface area contributed by atoms with E-state index in [2.05, 4.69) is 10.2 Å². The summed E-state index contributed by atoms with van der Waals surface area (Å²) in [6.45, 7) is 6.01. The highest BCUT2D eigenvalue weighted by atomic mass is 32.3. The van der Waals surface area contributed by atoms with Crippen LogP contribution in [0.5, 0.6) is 0 Å². The molecule has 0 aliphatic carbocycles. The summed E-state index contributed by atoms with van der Waals surface area (Å²) in [6.07, 6.45) is 0.580. The second-order valence-corrected chi connectivity index (χ2v) is 4.92. The molecule has 0 bridgehead atoms. The zero-order valence-electron chi connectivity index (χ0n) is 8.94. The highest BCUT2D eigenvalue weighted by Gasteiger charge is 2.23. The molecule has 0 saturated heterocycles. The number of nitrogens with zero attached hydrogens (tertiary/aromatic N) is 3. The Labute approximate surface area is 88.5 Å². The molecule has 1 heterocycles. The smallest absolute Gasteiger partial charge is 0.300 e. The Balaban J connectivity index is 3.18. The Hall–Kier alpha value is -0.980. The van der Waals surface area contributed by atoms with Crippen LogP contribution in [0, 0.1) is 5.92 Å². The molecule has 1 aromatic heterocycles. The summed E-state index contributed by atoms with van der Waals surface area (Å²) in [5.74, 6) is 0.818. The standard InChI is InChI=1S/C8H14FN3O2S/c1-4-12-7(5-6(2)3)10-11-8(12)15(9,13)14/h6H,4-5H2,1-3H3. The van der Waals surface area contributed by atoms with E-state index in [9.17, 15) is 12.3 Å². The van der Waals surface area contributed by atoms with Crippen LogP contribution in [0.15, 0.2) is 5.16 Å². The molecular weight excluding hydrogens is 221 g/mol. The van der Waals surface area contributed by atoms with Gasteiger partial charge >= 0.3 is 10.2 Å². The lowest BCUT2D eigenvalue weighted by atomic mass is 10.1. The zero-order chi connectivity index (χ0) is 11.6. The van der Waals surface area contributed by atoms with Crippen molar-refractivity contribution in [1.29, 1.82) is 0 Å². The second-order valence-electron chi connectivity index (χ2n) is 3.68. The van der Waals surface area contributed by atoms with Crippen LogP contribution in [0.3, 0.4) is 0 Å². The number of hydrogen-bond donors (Lipinski definition) is 0. The predicted molar refractivity (Wildman–Crippen MR) is 52.5 cm³/mol. The summed E-state index contributed by atoms with van der Waals surface area (Å²) in [4.78, 5) is 0. The molecule has 1 rings (SSSR count). The first kappa shape index (κ1) is 12.1. The molecular formula is C8H14FN3O2S. The lowest BCUT2D eigenvalue weighted by Gasteiger charge is -2.06. The predicted octanol–water partition coefficient (Wildman–Crippen LogP) is 1.15. The fourth-order valence-electron chi connectivity index (χ4n) is 1.33. The van der Waals surface area contributed by atoms with E-state index in [-0.39, 0.29) is 0 Å². The first-order valence-corrected chi connectivity index (χ1v) is 6.11. The van der Waals surface area contributed by atoms with E-state index in [1.165, 1.54) is 4.57 Å². The van der Waals surface area contributed by atoms with Crippen molar-refractivity contribution in [2.45, 2.75) is 38.9 Å². The molecule has 0 fully saturated rings. The Bertz CT molecular complexity index is 439. The van der Waals surface area contributed by atoms with Crippen molar-refractivity contribution in [3.63, 3.8) is 0 Å². The summed E-state index contributed by atoms with van der Waals surface area (Å²) in [6, 6.07) is 0. The molecule has 0 radical (unpaired) electrons. The minimum absolute atomic E-state index is 0.315. The van der Waals surface area contributed by atoms with E-state index in [0.717, 1.165) is 0 Å². The van der Waals surface area contributed by atoms with Crippen molar-refractivity contribution < 1.29 is 12.3 Å². The van der Waals surface area contributed by atoms with Crippen molar-refractivity contribution in [2.24, 2.45) is 5.92 Å². The topological polar surface area (TPSA) is 64.8 Å². The van der Waals surface area contributed by atoms with Gasteiger partial charge in [0.2, 0.25) is 0 Å². The van der Waals surface area contributed by atoms with Gasteiger partial charge in [0.15, 0.2) is 0 Å². The number of halogens is 1. The highest BCUT2D eigenvalue weighted by molar-refractivity contribution is 7.86. The maximum Gasteiger partial charge on any atom is 0.368 e. The van der Waals surface area contributed by atoms with Crippen LogP contribution in [0.1, 0.15) is 26.6 Å². The van der Waals surface area contributed by atoms with Gasteiger partial charge in [0.1, 0.15) is 5.82 Å². The van der Waals surface area contributed by atoms with Crippen LogP contribution in [0.25, 0.3) is 0 Å². The molecule has 1 aromatic rings. The summed E-state index contributed by atoms with van der Waals surface area (Å²) in [5.41, 5.74) is 0. The van der Waals surface area contributed by atoms with E-state index < -0.39 is 15.4 Å². The van der Waals surface area contributed by atoms with Gasteiger partial charge in [0, 0.05) is 13.0 Å². The minimum Gasteiger partial charge on any atom is -0.300 e. The van der Waals surface area contributed by atoms with Crippen LogP contribution in [0.4, 0.5) is 3.89 Å². The summed E-state index contributed by atoms with van der Waals surface area (Å²) in [5, 5.41) is 6.45. The molecule has 0 aromatic carbocycles. The number of aromatic nitrogens is 3. The lowest BCUT2D eigenvalue weighted by molar-refractivity contribution is 0.516. The molecule has 15 heavy (non-hydrogen) atoms. The fourth-order valence-corrected chi connectivity index (χ4v) is 1.97. The summed E-state index contributed by atoms with van der Waals surface area (Å²) < 4.78 is 35.5. The van der Waals surface area contributed by atoms with Crippen molar-refractivity contribution in [3.05, 3.63) is 5.82 Å². The van der Waals surface area contributed by atoms with Crippen molar-refractivity contribution in [1.82, 2.24) is 14.8 Å². The van der Waals surface area contributed by atoms with E-state index in [0.29, 0.717) is 24.7 Å². The van der Waals surface area contributed by atoms with Crippen LogP contribution in [0.2, 0.25) is 0 Å². The maximum absolute atomic E-state index is 12.8. The lowest BCUT2D eigenvalue weighted by Crippen LogP contribution is -2.10. The number of rotatable bonds is 4. The summed E-state index contributed by atoms with van der Waals surface area (Å²) >= 11 is 0. The normalized spacial score (nSPS) is 12.3. The number of hydrogen-bond acceptors (Lipinski definition) is 4. The Kier molecular flexibility index (Phi) is 3.43. The first-order chi connectivity index (χ1) is 6.86. The van der Waals surface area contributed by atoms with Crippen molar-refractivity contribution in [3.8, 4) is 0 Å². The van der Waals surface area contributed by atoms with Crippen LogP contribution >= 0.6 is 0 Å². The Morgan fingerprint density at radius 3 is 2.40 bits per heavy atom. The quantitative estimate of drug-likeness (QED) is 0.734. The second kappa shape index (κ2) is 4.26. The molecule has 0 aliphatic heterocycles. The Morgan fingerprint density at radius 1 is 1.40 bits per heavy atom. The van der Waals surface area contributed by atoms with Gasteiger partial charge in [-0.3, -0.25) is 4.57 Å². The van der Waals surface area contributed by atoms with Crippen LogP contribution in [-0.4, -0.2) is 23.2 Å². The van der Waals surface area contributed by atoms with Gasteiger partial charge in [0.25, 0.3) is 5.16 Å². The average molecular weight is 235 g/mol. The molecule has 86 valence electrons. The van der Waals surface area contributed by atoms with Gasteiger partial charge in [0.05, 0.1) is 0 Å². The molecule has 0 N–H and O–H groups in total. The van der Waals surface area contributed by atoms with E-state index >= 15 is 0 Å². The molecule has 0 saturated carbocycles. The minimum atomic E-state index is -4.77. The van der Waals surface area contributed by atoms with E-state index in [4.69, 9.17) is 0 Å². The third-order valence-corrected chi connectivity index (χ3v) is 2.66. The van der Waals surface area contributed by atoms with Gasteiger partial charge in [-0.15, -0.1) is 10.2 Å². The fraction of sp³-hybridized carbons (Fsp3) is 0.750. The van der Waals surface area contributed by atoms with Gasteiger partial charge < -0.3 is 0 Å². The highest BCUT2D eigenvalue weighted by Crippen LogP contribution is 2.14. The average Bonchev–Trinajstić information content (AvgIpc) is 2.45. The van der Waals surface area contributed by atoms with E-state index in [1.807, 2.05) is 13.8 Å². The SMILES string of the molecule is CCn1c(CC(C)C)nnc1S(=O)(=O)F. The third-order valence-electron chi connectivity index (χ3n) is 1.92. The van der Waals surface area contributed by atoms with Gasteiger partial charge in [-0.1, -0.05) is 17.7 Å². The van der Waals surface area contributed by atoms with Gasteiger partial charge in [-0.05, 0) is 12.8 Å². The van der Waals surface area contributed by atoms with Gasteiger partial charge in [-0.2, -0.15) is 8.42 Å². The summed E-state index contributed by atoms with van der Waals surface area (Å²) in [7, 11) is -4.77. The molecule has 0 amide bonds. The molecule has 5 nitrogen and oxygen atoms in total. The largest absolute Gasteiger partial charge is 0.368 e. The first-order valence-electron chi connectivity index (χ1n) is 4.73. The third kappa shape index (κ3) is 2.74. The van der Waals surface area contributed by atoms with Crippen molar-refractivity contribution >= 4 is 10.2 Å². The molecule has 7 heteroatoms. The van der Waals surface area contributed by atoms with Crippen LogP contribution < -0.4 is 0 Å². The molecule has 0 atom stereocenters. The van der Waals surface area contributed by atoms with Crippen LogP contribution in [-0.2, 0) is 23.2 Å². The maximum atomic E-state index is 12.8.